The molecule has 0 atom stereocenters. The molecule has 0 nitrogen and oxygen atoms in total. The van der Waals surface area contributed by atoms with Gasteiger partial charge in [0.05, 0.1) is 0 Å². The van der Waals surface area contributed by atoms with Crippen LogP contribution in [0, 0.1) is 0 Å². The van der Waals surface area contributed by atoms with E-state index in [0.717, 1.165) is 5.57 Å². The van der Waals surface area contributed by atoms with E-state index in [2.05, 4.69) is 18.7 Å². The van der Waals surface area contributed by atoms with E-state index < -0.39 is 0 Å². The van der Waals surface area contributed by atoms with Crippen molar-refractivity contribution in [1.82, 2.24) is 0 Å². The molecule has 0 unspecified atom stereocenters. The van der Waals surface area contributed by atoms with Crippen molar-refractivity contribution in [3.63, 3.8) is 0 Å². The second-order valence-corrected chi connectivity index (χ2v) is 2.15. The van der Waals surface area contributed by atoms with Gasteiger partial charge in [-0.25, -0.2) is 0 Å². The molecule has 2 heteroatoms. The SMILES string of the molecule is C=C(C)c1ccccc1.[Li].[Li]. The Kier molecular flexibility index (Phi) is 8.53. The standard InChI is InChI=1S/C9H10.2Li/c1-8(2)9-6-4-3-5-7-9;;/h3-7H,1H2,2H3;;. The first-order chi connectivity index (χ1) is 4.30. The molecule has 0 N–H and O–H groups in total. The molecule has 0 aliphatic rings. The fourth-order valence-corrected chi connectivity index (χ4v) is 0.723. The van der Waals surface area contributed by atoms with Crippen LogP contribution in [0.3, 0.4) is 0 Å². The fourth-order valence-electron chi connectivity index (χ4n) is 0.723. The van der Waals surface area contributed by atoms with Gasteiger partial charge in [0.2, 0.25) is 0 Å². The Morgan fingerprint density at radius 3 is 1.82 bits per heavy atom. The van der Waals surface area contributed by atoms with Crippen LogP contribution < -0.4 is 0 Å². The third-order valence-electron chi connectivity index (χ3n) is 1.27. The number of allylic oxidation sites excluding steroid dienone is 1. The monoisotopic (exact) mass is 132 g/mol. The van der Waals surface area contributed by atoms with Crippen LogP contribution in [0.25, 0.3) is 5.57 Å². The molecule has 0 bridgehead atoms. The van der Waals surface area contributed by atoms with Crippen molar-refractivity contribution in [3.05, 3.63) is 42.5 Å². The van der Waals surface area contributed by atoms with Gasteiger partial charge in [0.1, 0.15) is 0 Å². The van der Waals surface area contributed by atoms with Crippen LogP contribution in [0.1, 0.15) is 12.5 Å². The van der Waals surface area contributed by atoms with Gasteiger partial charge in [-0.05, 0) is 12.5 Å². The van der Waals surface area contributed by atoms with Gasteiger partial charge in [0.25, 0.3) is 0 Å². The maximum Gasteiger partial charge on any atom is 0 e. The summed E-state index contributed by atoms with van der Waals surface area (Å²) < 4.78 is 0. The Labute approximate surface area is 92.4 Å². The van der Waals surface area contributed by atoms with Crippen LogP contribution in [-0.4, -0.2) is 37.7 Å². The van der Waals surface area contributed by atoms with Crippen LogP contribution in [0.15, 0.2) is 36.9 Å². The number of rotatable bonds is 1. The van der Waals surface area contributed by atoms with Crippen LogP contribution in [-0.2, 0) is 0 Å². The molecular formula is C9H10Li2. The van der Waals surface area contributed by atoms with E-state index in [1.165, 1.54) is 5.56 Å². The first-order valence-electron chi connectivity index (χ1n) is 3.01. The van der Waals surface area contributed by atoms with Gasteiger partial charge in [-0.2, -0.15) is 0 Å². The van der Waals surface area contributed by atoms with Crippen LogP contribution >= 0.6 is 0 Å². The Morgan fingerprint density at radius 1 is 1.09 bits per heavy atom. The molecule has 1 rings (SSSR count). The van der Waals surface area contributed by atoms with Gasteiger partial charge in [-0.1, -0.05) is 42.5 Å². The average Bonchev–Trinajstić information content (AvgIpc) is 1.90. The molecule has 0 aliphatic heterocycles. The van der Waals surface area contributed by atoms with E-state index in [1.54, 1.807) is 0 Å². The smallest absolute Gasteiger partial charge is 0 e. The molecule has 0 heterocycles. The molecular weight excluding hydrogens is 122 g/mol. The van der Waals surface area contributed by atoms with Crippen molar-refractivity contribution in [1.29, 1.82) is 0 Å². The van der Waals surface area contributed by atoms with Gasteiger partial charge >= 0.3 is 0 Å². The molecule has 0 saturated heterocycles. The molecule has 1 aromatic rings. The Hall–Kier alpha value is 0.155. The van der Waals surface area contributed by atoms with Crippen molar-refractivity contribution < 1.29 is 0 Å². The van der Waals surface area contributed by atoms with Gasteiger partial charge in [-0.15, -0.1) is 0 Å². The summed E-state index contributed by atoms with van der Waals surface area (Å²) in [5.74, 6) is 0. The summed E-state index contributed by atoms with van der Waals surface area (Å²) in [6.45, 7) is 5.83. The van der Waals surface area contributed by atoms with Gasteiger partial charge < -0.3 is 0 Å². The molecule has 2 radical (unpaired) electrons. The topological polar surface area (TPSA) is 0 Å². The largest absolute Gasteiger partial charge is 0.0955 e. The molecule has 1 aromatic carbocycles. The van der Waals surface area contributed by atoms with E-state index in [4.69, 9.17) is 0 Å². The van der Waals surface area contributed by atoms with E-state index >= 15 is 0 Å². The number of hydrogen-bond donors (Lipinski definition) is 0. The van der Waals surface area contributed by atoms with Crippen LogP contribution in [0.4, 0.5) is 0 Å². The van der Waals surface area contributed by atoms with Crippen LogP contribution in [0.2, 0.25) is 0 Å². The Balaban J connectivity index is 0. The van der Waals surface area contributed by atoms with Crippen molar-refractivity contribution in [2.45, 2.75) is 6.92 Å². The summed E-state index contributed by atoms with van der Waals surface area (Å²) in [7, 11) is 0. The van der Waals surface area contributed by atoms with Crippen LogP contribution in [0.5, 0.6) is 0 Å². The maximum atomic E-state index is 3.83. The summed E-state index contributed by atoms with van der Waals surface area (Å²) in [4.78, 5) is 0. The van der Waals surface area contributed by atoms with Gasteiger partial charge in [-0.3, -0.25) is 0 Å². The molecule has 11 heavy (non-hydrogen) atoms. The summed E-state index contributed by atoms with van der Waals surface area (Å²) in [6.07, 6.45) is 0. The average molecular weight is 132 g/mol. The minimum atomic E-state index is 0. The number of hydrogen-bond acceptors (Lipinski definition) is 0. The minimum absolute atomic E-state index is 0. The second kappa shape index (κ2) is 6.84. The summed E-state index contributed by atoms with van der Waals surface area (Å²) >= 11 is 0. The third kappa shape index (κ3) is 4.57. The van der Waals surface area contributed by atoms with Crippen molar-refractivity contribution in [2.75, 3.05) is 0 Å². The first kappa shape index (κ1) is 13.7. The zero-order valence-electron chi connectivity index (χ0n) is 7.59. The zero-order valence-corrected chi connectivity index (χ0v) is 7.59. The summed E-state index contributed by atoms with van der Waals surface area (Å²) in [6, 6.07) is 10.2. The summed E-state index contributed by atoms with van der Waals surface area (Å²) in [5.41, 5.74) is 2.34. The minimum Gasteiger partial charge on any atom is -0.0955 e. The van der Waals surface area contributed by atoms with Crippen molar-refractivity contribution in [3.8, 4) is 0 Å². The third-order valence-corrected chi connectivity index (χ3v) is 1.27. The quantitative estimate of drug-likeness (QED) is 0.512. The molecule has 0 spiro atoms. The molecule has 0 fully saturated rings. The molecule has 0 aliphatic carbocycles. The number of benzene rings is 1. The second-order valence-electron chi connectivity index (χ2n) is 2.15. The first-order valence-corrected chi connectivity index (χ1v) is 3.01. The van der Waals surface area contributed by atoms with E-state index in [-0.39, 0.29) is 37.7 Å². The predicted molar refractivity (Wildman–Crippen MR) is 52.7 cm³/mol. The maximum absolute atomic E-state index is 3.83. The van der Waals surface area contributed by atoms with Gasteiger partial charge in [0.15, 0.2) is 0 Å². The van der Waals surface area contributed by atoms with Gasteiger partial charge in [0, 0.05) is 37.7 Å². The van der Waals surface area contributed by atoms with E-state index in [9.17, 15) is 0 Å². The van der Waals surface area contributed by atoms with Crippen molar-refractivity contribution in [2.24, 2.45) is 0 Å². The zero-order chi connectivity index (χ0) is 6.69. The predicted octanol–water partition coefficient (Wildman–Crippen LogP) is 1.96. The molecule has 0 saturated carbocycles. The summed E-state index contributed by atoms with van der Waals surface area (Å²) in [5, 5.41) is 0. The van der Waals surface area contributed by atoms with E-state index in [0.29, 0.717) is 0 Å². The molecule has 0 amide bonds. The van der Waals surface area contributed by atoms with E-state index in [1.807, 2.05) is 25.1 Å². The Morgan fingerprint density at radius 2 is 1.55 bits per heavy atom. The normalized spacial score (nSPS) is 7.36. The fraction of sp³-hybridized carbons (Fsp3) is 0.111. The Bertz CT molecular complexity index is 204. The molecule has 0 aromatic heterocycles. The molecule has 48 valence electrons. The van der Waals surface area contributed by atoms with Crippen molar-refractivity contribution >= 4 is 43.3 Å².